The number of methoxy groups -OCH3 is 1. The minimum Gasteiger partial charge on any atom is -0.497 e. The smallest absolute Gasteiger partial charge is 0.347 e. The summed E-state index contributed by atoms with van der Waals surface area (Å²) in [6.07, 6.45) is 1.33. The Morgan fingerprint density at radius 2 is 2.35 bits per heavy atom. The maximum Gasteiger partial charge on any atom is 0.347 e. The molecule has 0 saturated carbocycles. The molecule has 0 amide bonds. The highest BCUT2D eigenvalue weighted by Crippen LogP contribution is 2.24. The zero-order chi connectivity index (χ0) is 12.3. The van der Waals surface area contributed by atoms with Gasteiger partial charge in [0.2, 0.25) is 0 Å². The fraction of sp³-hybridized carbons (Fsp3) is 0.0909. The Balaban J connectivity index is 2.16. The van der Waals surface area contributed by atoms with Crippen LogP contribution in [0, 0.1) is 0 Å². The van der Waals surface area contributed by atoms with Crippen molar-refractivity contribution in [2.24, 2.45) is 0 Å². The van der Waals surface area contributed by atoms with Crippen LogP contribution < -0.4 is 10.1 Å². The Bertz CT molecular complexity index is 539. The number of nitrogens with zero attached hydrogens (tertiary/aromatic N) is 1. The zero-order valence-electron chi connectivity index (χ0n) is 9.01. The van der Waals surface area contributed by atoms with Gasteiger partial charge in [0.05, 0.1) is 13.3 Å². The normalized spacial score (nSPS) is 9.94. The number of aromatic carboxylic acids is 1. The van der Waals surface area contributed by atoms with Gasteiger partial charge in [0.1, 0.15) is 10.6 Å². The lowest BCUT2D eigenvalue weighted by molar-refractivity contribution is 0.0702. The molecule has 88 valence electrons. The summed E-state index contributed by atoms with van der Waals surface area (Å²) in [6.45, 7) is 0. The highest BCUT2D eigenvalue weighted by Gasteiger charge is 2.08. The predicted molar refractivity (Wildman–Crippen MR) is 65.4 cm³/mol. The van der Waals surface area contributed by atoms with Gasteiger partial charge in [0.25, 0.3) is 0 Å². The maximum atomic E-state index is 10.7. The number of benzene rings is 1. The number of carbonyl (C=O) groups is 1. The van der Waals surface area contributed by atoms with Gasteiger partial charge in [-0.3, -0.25) is 0 Å². The summed E-state index contributed by atoms with van der Waals surface area (Å²) < 4.78 is 5.08. The molecule has 6 heteroatoms. The minimum atomic E-state index is -0.971. The Hall–Kier alpha value is -2.08. The van der Waals surface area contributed by atoms with Crippen molar-refractivity contribution in [2.45, 2.75) is 0 Å². The van der Waals surface area contributed by atoms with E-state index in [4.69, 9.17) is 9.84 Å². The fourth-order valence-electron chi connectivity index (χ4n) is 1.26. The third-order valence-corrected chi connectivity index (χ3v) is 2.94. The molecule has 2 rings (SSSR count). The second-order valence-electron chi connectivity index (χ2n) is 3.19. The number of ether oxygens (including phenoxy) is 1. The van der Waals surface area contributed by atoms with Crippen LogP contribution in [-0.2, 0) is 0 Å². The summed E-state index contributed by atoms with van der Waals surface area (Å²) in [6, 6.07) is 7.33. The average molecular weight is 250 g/mol. The van der Waals surface area contributed by atoms with Gasteiger partial charge in [-0.15, -0.1) is 0 Å². The number of anilines is 2. The maximum absolute atomic E-state index is 10.7. The van der Waals surface area contributed by atoms with Crippen LogP contribution >= 0.6 is 11.3 Å². The topological polar surface area (TPSA) is 71.5 Å². The second-order valence-corrected chi connectivity index (χ2v) is 4.22. The van der Waals surface area contributed by atoms with E-state index < -0.39 is 5.97 Å². The molecule has 0 spiro atoms. The van der Waals surface area contributed by atoms with Crippen LogP contribution in [0.2, 0.25) is 0 Å². The number of thiazole rings is 1. The Morgan fingerprint density at radius 1 is 1.53 bits per heavy atom. The van der Waals surface area contributed by atoms with Crippen LogP contribution in [0.15, 0.2) is 30.5 Å². The summed E-state index contributed by atoms with van der Waals surface area (Å²) >= 11 is 1.09. The molecule has 0 unspecified atom stereocenters. The molecule has 1 heterocycles. The van der Waals surface area contributed by atoms with Gasteiger partial charge >= 0.3 is 5.97 Å². The first-order chi connectivity index (χ1) is 8.19. The van der Waals surface area contributed by atoms with E-state index in [1.54, 1.807) is 7.11 Å². The first kappa shape index (κ1) is 11.4. The molecule has 0 aliphatic carbocycles. The third-order valence-electron chi connectivity index (χ3n) is 2.04. The van der Waals surface area contributed by atoms with Crippen LogP contribution in [0.5, 0.6) is 5.75 Å². The Kier molecular flexibility index (Phi) is 3.24. The molecule has 0 fully saturated rings. The lowest BCUT2D eigenvalue weighted by atomic mass is 10.3. The predicted octanol–water partition coefficient (Wildman–Crippen LogP) is 2.59. The monoisotopic (exact) mass is 250 g/mol. The molecule has 1 aromatic heterocycles. The first-order valence-electron chi connectivity index (χ1n) is 4.79. The van der Waals surface area contributed by atoms with Gasteiger partial charge < -0.3 is 15.2 Å². The molecule has 17 heavy (non-hydrogen) atoms. The standard InChI is InChI=1S/C11H10N2O3S/c1-16-8-4-2-3-7(5-8)13-11-12-6-9(17-11)10(14)15/h2-6H,1H3,(H,12,13)(H,14,15). The van der Waals surface area contributed by atoms with E-state index in [-0.39, 0.29) is 4.88 Å². The van der Waals surface area contributed by atoms with Crippen LogP contribution in [-0.4, -0.2) is 23.2 Å². The summed E-state index contributed by atoms with van der Waals surface area (Å²) in [5.74, 6) is -0.244. The third kappa shape index (κ3) is 2.73. The number of nitrogens with one attached hydrogen (secondary N) is 1. The van der Waals surface area contributed by atoms with Gasteiger partial charge in [0.15, 0.2) is 5.13 Å². The molecule has 0 saturated heterocycles. The first-order valence-corrected chi connectivity index (χ1v) is 5.61. The van der Waals surface area contributed by atoms with E-state index in [0.29, 0.717) is 5.13 Å². The van der Waals surface area contributed by atoms with Crippen molar-refractivity contribution in [3.05, 3.63) is 35.3 Å². The molecule has 1 aromatic carbocycles. The van der Waals surface area contributed by atoms with Crippen LogP contribution in [0.3, 0.4) is 0 Å². The quantitative estimate of drug-likeness (QED) is 0.872. The number of aromatic nitrogens is 1. The van der Waals surface area contributed by atoms with Gasteiger partial charge in [-0.05, 0) is 12.1 Å². The fourth-order valence-corrected chi connectivity index (χ4v) is 1.93. The molecule has 0 radical (unpaired) electrons. The number of carboxylic acids is 1. The van der Waals surface area contributed by atoms with Crippen LogP contribution in [0.4, 0.5) is 10.8 Å². The van der Waals surface area contributed by atoms with Gasteiger partial charge in [-0.25, -0.2) is 9.78 Å². The Labute approximate surface area is 102 Å². The lowest BCUT2D eigenvalue weighted by Gasteiger charge is -2.04. The molecule has 0 atom stereocenters. The summed E-state index contributed by atoms with van der Waals surface area (Å²) in [4.78, 5) is 14.9. The van der Waals surface area contributed by atoms with E-state index in [1.165, 1.54) is 6.20 Å². The van der Waals surface area contributed by atoms with E-state index in [1.807, 2.05) is 24.3 Å². The Morgan fingerprint density at radius 3 is 3.00 bits per heavy atom. The van der Waals surface area contributed by atoms with Crippen molar-refractivity contribution in [1.82, 2.24) is 4.98 Å². The summed E-state index contributed by atoms with van der Waals surface area (Å²) in [7, 11) is 1.59. The van der Waals surface area contributed by atoms with Crippen molar-refractivity contribution < 1.29 is 14.6 Å². The van der Waals surface area contributed by atoms with Gasteiger partial charge in [-0.1, -0.05) is 17.4 Å². The van der Waals surface area contributed by atoms with Gasteiger partial charge in [0, 0.05) is 11.8 Å². The number of rotatable bonds is 4. The van der Waals surface area contributed by atoms with Crippen LogP contribution in [0.1, 0.15) is 9.67 Å². The van der Waals surface area contributed by atoms with Crippen molar-refractivity contribution in [1.29, 1.82) is 0 Å². The highest BCUT2D eigenvalue weighted by atomic mass is 32.1. The summed E-state index contributed by atoms with van der Waals surface area (Å²) in [5.41, 5.74) is 0.802. The van der Waals surface area contributed by atoms with Crippen LogP contribution in [0.25, 0.3) is 0 Å². The second kappa shape index (κ2) is 4.84. The van der Waals surface area contributed by atoms with E-state index in [0.717, 1.165) is 22.8 Å². The van der Waals surface area contributed by atoms with Crippen molar-refractivity contribution >= 4 is 28.1 Å². The lowest BCUT2D eigenvalue weighted by Crippen LogP contribution is -1.90. The summed E-state index contributed by atoms with van der Waals surface area (Å²) in [5, 5.41) is 12.3. The van der Waals surface area contributed by atoms with Crippen molar-refractivity contribution in [3.8, 4) is 5.75 Å². The molecule has 5 nitrogen and oxygen atoms in total. The highest BCUT2D eigenvalue weighted by molar-refractivity contribution is 7.17. The van der Waals surface area contributed by atoms with Crippen molar-refractivity contribution in [3.63, 3.8) is 0 Å². The van der Waals surface area contributed by atoms with E-state index in [2.05, 4.69) is 10.3 Å². The number of carboxylic acid groups (broad SMARTS) is 1. The zero-order valence-corrected chi connectivity index (χ0v) is 9.82. The number of hydrogen-bond donors (Lipinski definition) is 2. The van der Waals surface area contributed by atoms with Crippen molar-refractivity contribution in [2.75, 3.05) is 12.4 Å². The van der Waals surface area contributed by atoms with E-state index >= 15 is 0 Å². The molecule has 2 N–H and O–H groups in total. The molecular formula is C11H10N2O3S. The molecule has 0 bridgehead atoms. The SMILES string of the molecule is COc1cccc(Nc2ncc(C(=O)O)s2)c1. The average Bonchev–Trinajstić information content (AvgIpc) is 2.78. The molecule has 2 aromatic rings. The minimum absolute atomic E-state index is 0.204. The van der Waals surface area contributed by atoms with E-state index in [9.17, 15) is 4.79 Å². The molecule has 0 aliphatic heterocycles. The largest absolute Gasteiger partial charge is 0.497 e. The number of hydrogen-bond acceptors (Lipinski definition) is 5. The molecule has 0 aliphatic rings. The van der Waals surface area contributed by atoms with Gasteiger partial charge in [-0.2, -0.15) is 0 Å². The molecular weight excluding hydrogens is 240 g/mol.